The molecule has 8 nitrogen and oxygen atoms in total. The number of anilines is 4. The summed E-state index contributed by atoms with van der Waals surface area (Å²) >= 11 is 0. The molecule has 2 heterocycles. The van der Waals surface area contributed by atoms with Gasteiger partial charge in [0.1, 0.15) is 11.6 Å². The molecule has 1 aliphatic rings. The van der Waals surface area contributed by atoms with Crippen LogP contribution in [0.5, 0.6) is 0 Å². The van der Waals surface area contributed by atoms with Crippen LogP contribution in [-0.2, 0) is 0 Å². The van der Waals surface area contributed by atoms with Crippen LogP contribution < -0.4 is 21.3 Å². The summed E-state index contributed by atoms with van der Waals surface area (Å²) in [6, 6.07) is 26.6. The van der Waals surface area contributed by atoms with E-state index in [1.807, 2.05) is 0 Å². The molecule has 5 rings (SSSR count). The van der Waals surface area contributed by atoms with Crippen molar-refractivity contribution < 1.29 is 0 Å². The van der Waals surface area contributed by atoms with Gasteiger partial charge in [-0.05, 0) is 36.8 Å². The van der Waals surface area contributed by atoms with E-state index in [2.05, 4.69) is 122 Å². The molecule has 2 aromatic heterocycles. The first-order chi connectivity index (χ1) is 27.7. The maximum absolute atomic E-state index is 5.36. The van der Waals surface area contributed by atoms with Crippen LogP contribution in [0, 0.1) is 0 Å². The lowest BCUT2D eigenvalue weighted by atomic mass is 9.50. The zero-order chi connectivity index (χ0) is 39.2. The third kappa shape index (κ3) is 12.9. The van der Waals surface area contributed by atoms with E-state index in [1.54, 1.807) is 0 Å². The highest BCUT2D eigenvalue weighted by atomic mass is 15.2. The fourth-order valence-corrected chi connectivity index (χ4v) is 8.32. The van der Waals surface area contributed by atoms with Crippen molar-refractivity contribution in [2.45, 2.75) is 154 Å². The number of rotatable bonds is 28. The number of nitrogens with one attached hydrogen (secondary N) is 4. The van der Waals surface area contributed by atoms with Crippen molar-refractivity contribution in [3.05, 3.63) is 95.3 Å². The van der Waals surface area contributed by atoms with Gasteiger partial charge in [-0.25, -0.2) is 9.97 Å². The lowest BCUT2D eigenvalue weighted by Gasteiger charge is -2.52. The van der Waals surface area contributed by atoms with Gasteiger partial charge in [-0.15, -0.1) is 0 Å². The lowest BCUT2D eigenvalue weighted by molar-refractivity contribution is 0.220. The highest BCUT2D eigenvalue weighted by Crippen LogP contribution is 2.66. The molecule has 8 heteroatoms. The van der Waals surface area contributed by atoms with Gasteiger partial charge < -0.3 is 21.3 Å². The molecule has 0 bridgehead atoms. The van der Waals surface area contributed by atoms with Crippen molar-refractivity contribution in [3.63, 3.8) is 0 Å². The van der Waals surface area contributed by atoms with Crippen LogP contribution in [-0.4, -0.2) is 46.1 Å². The zero-order valence-electron chi connectivity index (χ0n) is 35.2. The van der Waals surface area contributed by atoms with Crippen LogP contribution in [0.3, 0.4) is 0 Å². The summed E-state index contributed by atoms with van der Waals surface area (Å²) in [7, 11) is 0. The quantitative estimate of drug-likeness (QED) is 0.0425. The monoisotopic (exact) mass is 761 g/mol. The second-order valence-corrected chi connectivity index (χ2v) is 15.9. The fraction of sp³-hybridized carbons (Fsp3) is 0.583. The predicted molar refractivity (Wildman–Crippen MR) is 238 cm³/mol. The summed E-state index contributed by atoms with van der Waals surface area (Å²) in [5.41, 5.74) is 4.81. The van der Waals surface area contributed by atoms with E-state index in [4.69, 9.17) is 19.9 Å². The van der Waals surface area contributed by atoms with Gasteiger partial charge in [0.15, 0.2) is 0 Å². The maximum atomic E-state index is 5.36. The highest BCUT2D eigenvalue weighted by molar-refractivity contribution is 5.52. The van der Waals surface area contributed by atoms with Crippen molar-refractivity contribution in [1.29, 1.82) is 0 Å². The molecular weight excluding hydrogens is 689 g/mol. The SMILES string of the molecule is CCCCCCNc1cc(C2C(c3ccccc3)C(c3cc(NCCCCCC)nc(NCCCCCC)n3)C2c2ccccc2)nc(NCCCCCC)n1. The van der Waals surface area contributed by atoms with Gasteiger partial charge in [-0.1, -0.05) is 165 Å². The number of hydrogen-bond acceptors (Lipinski definition) is 8. The molecule has 4 N–H and O–H groups in total. The second-order valence-electron chi connectivity index (χ2n) is 15.9. The topological polar surface area (TPSA) is 99.7 Å². The van der Waals surface area contributed by atoms with Crippen LogP contribution >= 0.6 is 0 Å². The first kappa shape index (κ1) is 42.9. The van der Waals surface area contributed by atoms with E-state index in [0.717, 1.165) is 86.8 Å². The molecule has 1 saturated carbocycles. The van der Waals surface area contributed by atoms with Gasteiger partial charge in [0, 0.05) is 62.0 Å². The van der Waals surface area contributed by atoms with E-state index in [-0.39, 0.29) is 23.7 Å². The minimum atomic E-state index is 0.125. The summed E-state index contributed by atoms with van der Waals surface area (Å²) in [6.07, 6.45) is 19.3. The molecule has 304 valence electrons. The summed E-state index contributed by atoms with van der Waals surface area (Å²) in [5, 5.41) is 14.7. The summed E-state index contributed by atoms with van der Waals surface area (Å²) in [4.78, 5) is 20.8. The van der Waals surface area contributed by atoms with Crippen LogP contribution in [0.1, 0.15) is 177 Å². The van der Waals surface area contributed by atoms with Crippen LogP contribution in [0.2, 0.25) is 0 Å². The Kier molecular flexibility index (Phi) is 18.7. The average Bonchev–Trinajstić information content (AvgIpc) is 3.21. The molecule has 0 spiro atoms. The Morgan fingerprint density at radius 2 is 0.714 bits per heavy atom. The molecule has 0 amide bonds. The Morgan fingerprint density at radius 1 is 0.375 bits per heavy atom. The molecule has 0 radical (unpaired) electrons. The molecule has 56 heavy (non-hydrogen) atoms. The van der Waals surface area contributed by atoms with Gasteiger partial charge in [0.05, 0.1) is 11.4 Å². The van der Waals surface area contributed by atoms with Crippen molar-refractivity contribution in [3.8, 4) is 0 Å². The first-order valence-corrected chi connectivity index (χ1v) is 22.5. The zero-order valence-corrected chi connectivity index (χ0v) is 35.2. The Labute approximate surface area is 339 Å². The Bertz CT molecular complexity index is 1450. The number of hydrogen-bond donors (Lipinski definition) is 4. The molecular formula is C48H72N8. The Balaban J connectivity index is 1.55. The molecule has 1 aliphatic carbocycles. The predicted octanol–water partition coefficient (Wildman–Crippen LogP) is 12.7. The standard InChI is InChI=1S/C48H72N8/c1-5-9-13-23-31-49-41-35-39(53-47(55-41)51-33-25-15-11-7-3)45-43(37-27-19-17-20-28-37)46(44(45)38-29-21-18-22-30-38)40-36-42(50-32-24-14-10-6-2)56-48(54-40)52-34-26-16-12-8-4/h17-22,27-30,35-36,43-46H,5-16,23-26,31-34H2,1-4H3,(H2,49,51,53,55)(H2,50,52,54,56). The van der Waals surface area contributed by atoms with Gasteiger partial charge in [-0.2, -0.15) is 9.97 Å². The normalized spacial score (nSPS) is 17.6. The van der Waals surface area contributed by atoms with Crippen LogP contribution in [0.25, 0.3) is 0 Å². The van der Waals surface area contributed by atoms with Gasteiger partial charge >= 0.3 is 0 Å². The first-order valence-electron chi connectivity index (χ1n) is 22.5. The largest absolute Gasteiger partial charge is 0.370 e. The molecule has 0 saturated heterocycles. The fourth-order valence-electron chi connectivity index (χ4n) is 8.32. The maximum Gasteiger partial charge on any atom is 0.224 e. The van der Waals surface area contributed by atoms with E-state index >= 15 is 0 Å². The van der Waals surface area contributed by atoms with Crippen molar-refractivity contribution in [1.82, 2.24) is 19.9 Å². The van der Waals surface area contributed by atoms with E-state index in [0.29, 0.717) is 0 Å². The van der Waals surface area contributed by atoms with Gasteiger partial charge in [0.25, 0.3) is 0 Å². The number of benzene rings is 2. The third-order valence-electron chi connectivity index (χ3n) is 11.4. The number of aromatic nitrogens is 4. The second kappa shape index (κ2) is 24.4. The van der Waals surface area contributed by atoms with Crippen molar-refractivity contribution >= 4 is 23.5 Å². The van der Waals surface area contributed by atoms with Crippen molar-refractivity contribution in [2.24, 2.45) is 0 Å². The smallest absolute Gasteiger partial charge is 0.224 e. The number of nitrogens with zero attached hydrogens (tertiary/aromatic N) is 4. The minimum absolute atomic E-state index is 0.125. The minimum Gasteiger partial charge on any atom is -0.370 e. The highest BCUT2D eigenvalue weighted by Gasteiger charge is 2.54. The number of unbranched alkanes of at least 4 members (excludes halogenated alkanes) is 12. The lowest BCUT2D eigenvalue weighted by Crippen LogP contribution is -2.41. The van der Waals surface area contributed by atoms with Crippen molar-refractivity contribution in [2.75, 3.05) is 47.4 Å². The molecule has 1 fully saturated rings. The average molecular weight is 761 g/mol. The third-order valence-corrected chi connectivity index (χ3v) is 11.4. The molecule has 0 atom stereocenters. The Morgan fingerprint density at radius 3 is 1.05 bits per heavy atom. The summed E-state index contributed by atoms with van der Waals surface area (Å²) in [6.45, 7) is 12.6. The molecule has 2 aromatic carbocycles. The van der Waals surface area contributed by atoms with Crippen LogP contribution in [0.4, 0.5) is 23.5 Å². The Hall–Kier alpha value is -4.20. The molecule has 0 unspecified atom stereocenters. The van der Waals surface area contributed by atoms with E-state index in [9.17, 15) is 0 Å². The molecule has 4 aromatic rings. The molecule has 0 aliphatic heterocycles. The summed E-state index contributed by atoms with van der Waals surface area (Å²) < 4.78 is 0. The van der Waals surface area contributed by atoms with E-state index < -0.39 is 0 Å². The van der Waals surface area contributed by atoms with Crippen LogP contribution in [0.15, 0.2) is 72.8 Å². The van der Waals surface area contributed by atoms with Gasteiger partial charge in [0.2, 0.25) is 11.9 Å². The van der Waals surface area contributed by atoms with Gasteiger partial charge in [-0.3, -0.25) is 0 Å². The summed E-state index contributed by atoms with van der Waals surface area (Å²) in [5.74, 6) is 3.85. The van der Waals surface area contributed by atoms with E-state index in [1.165, 1.54) is 88.2 Å².